The van der Waals surface area contributed by atoms with Crippen molar-refractivity contribution in [2.45, 2.75) is 9.79 Å². The van der Waals surface area contributed by atoms with Crippen LogP contribution in [0, 0.1) is 0 Å². The molecule has 1 aliphatic rings. The summed E-state index contributed by atoms with van der Waals surface area (Å²) in [5, 5.41) is 0. The summed E-state index contributed by atoms with van der Waals surface area (Å²) < 4.78 is 39.7. The highest BCUT2D eigenvalue weighted by atomic mass is 32.4. The van der Waals surface area contributed by atoms with Crippen molar-refractivity contribution >= 4 is 21.6 Å². The Morgan fingerprint density at radius 1 is 0.846 bits per heavy atom. The molecule has 1 heterocycles. The second kappa shape index (κ2) is 2.61. The van der Waals surface area contributed by atoms with Gasteiger partial charge in [0.25, 0.3) is 0 Å². The van der Waals surface area contributed by atoms with E-state index >= 15 is 0 Å². The van der Waals surface area contributed by atoms with Crippen LogP contribution < -0.4 is 4.13 Å². The van der Waals surface area contributed by atoms with E-state index in [1.807, 2.05) is 4.13 Å². The van der Waals surface area contributed by atoms with Gasteiger partial charge >= 0.3 is 0 Å². The predicted molar refractivity (Wildman–Crippen MR) is 51.8 cm³/mol. The molecule has 2 rings (SSSR count). The average Bonchev–Trinajstić information content (AvgIpc) is 2.20. The van der Waals surface area contributed by atoms with Crippen LogP contribution in [-0.4, -0.2) is 18.2 Å². The normalized spacial score (nSPS) is 27.7. The van der Waals surface area contributed by atoms with Crippen LogP contribution in [0.5, 0.6) is 0 Å². The molecule has 0 aliphatic carbocycles. The van der Waals surface area contributed by atoms with Crippen LogP contribution in [0.25, 0.3) is 0 Å². The molecule has 0 aromatic heterocycles. The van der Waals surface area contributed by atoms with Crippen molar-refractivity contribution in [3.63, 3.8) is 0 Å². The fourth-order valence-electron chi connectivity index (χ4n) is 1.17. The molecule has 1 aromatic rings. The Labute approximate surface area is 78.4 Å². The second-order valence-corrected chi connectivity index (χ2v) is 6.37. The molecule has 13 heavy (non-hydrogen) atoms. The lowest BCUT2D eigenvalue weighted by Gasteiger charge is -2.32. The maximum atomic E-state index is 9.41. The first-order valence-corrected chi connectivity index (χ1v) is 6.47. The number of fused-ring (bicyclic) bond motifs is 1. The van der Waals surface area contributed by atoms with Crippen LogP contribution in [0.4, 0.5) is 0 Å². The molecule has 0 atom stereocenters. The highest BCUT2D eigenvalue weighted by Crippen LogP contribution is 2.67. The van der Waals surface area contributed by atoms with Gasteiger partial charge in [0.15, 0.2) is 0 Å². The van der Waals surface area contributed by atoms with E-state index in [0.29, 0.717) is 0 Å². The smallest absolute Gasteiger partial charge is 0.101 e. The Bertz CT molecular complexity index is 321. The van der Waals surface area contributed by atoms with Crippen molar-refractivity contribution in [2.24, 2.45) is 0 Å². The third kappa shape index (κ3) is 1.34. The van der Waals surface area contributed by atoms with E-state index in [1.54, 1.807) is 12.1 Å². The molecule has 1 aromatic carbocycles. The Balaban J connectivity index is 2.64. The largest absolute Gasteiger partial charge is 0.280 e. The van der Waals surface area contributed by atoms with E-state index in [-0.39, 0.29) is 9.79 Å². The fraction of sp³-hybridized carbons (Fsp3) is 0. The zero-order valence-corrected chi connectivity index (χ0v) is 8.05. The first kappa shape index (κ1) is 9.28. The van der Waals surface area contributed by atoms with Crippen LogP contribution in [0.2, 0.25) is 0 Å². The van der Waals surface area contributed by atoms with Gasteiger partial charge in [-0.15, -0.1) is 4.13 Å². The molecule has 0 unspecified atom stereocenters. The van der Waals surface area contributed by atoms with Crippen molar-refractivity contribution in [1.82, 2.24) is 4.13 Å². The highest BCUT2D eigenvalue weighted by molar-refractivity contribution is 8.39. The van der Waals surface area contributed by atoms with E-state index in [1.165, 1.54) is 12.1 Å². The molecule has 0 amide bonds. The number of benzene rings is 1. The zero-order chi connectivity index (χ0) is 9.69. The summed E-state index contributed by atoms with van der Waals surface area (Å²) in [6, 6.07) is 6.13. The van der Waals surface area contributed by atoms with Gasteiger partial charge in [0.05, 0.1) is 0 Å². The number of rotatable bonds is 0. The molecule has 0 bridgehead atoms. The predicted octanol–water partition coefficient (Wildman–Crippen LogP) is 2.34. The molecule has 5 N–H and O–H groups in total. The first-order valence-electron chi connectivity index (χ1n) is 3.37. The molecule has 0 radical (unpaired) electrons. The van der Waals surface area contributed by atoms with Crippen LogP contribution in [0.3, 0.4) is 0 Å². The number of hydrogen-bond donors (Lipinski definition) is 5. The van der Waals surface area contributed by atoms with Gasteiger partial charge in [-0.05, 0) is 12.1 Å². The van der Waals surface area contributed by atoms with Gasteiger partial charge in [0, 0.05) is 0 Å². The molecular weight excluding hydrogens is 214 g/mol. The van der Waals surface area contributed by atoms with Gasteiger partial charge in [0.1, 0.15) is 9.79 Å². The standard InChI is InChI=1S/C6H9NO4S2/c8-12(9)5-3-1-2-4-6(5)13(10,11)7-12/h1-4,7-11H. The van der Waals surface area contributed by atoms with Gasteiger partial charge in [0.2, 0.25) is 0 Å². The lowest BCUT2D eigenvalue weighted by atomic mass is 10.4. The Morgan fingerprint density at radius 3 is 1.62 bits per heavy atom. The Hall–Kier alpha value is -0.280. The maximum Gasteiger partial charge on any atom is 0.101 e. The topological polar surface area (TPSA) is 93.0 Å². The van der Waals surface area contributed by atoms with Crippen molar-refractivity contribution in [1.29, 1.82) is 0 Å². The van der Waals surface area contributed by atoms with Crippen LogP contribution in [0.1, 0.15) is 0 Å². The molecule has 0 fully saturated rings. The van der Waals surface area contributed by atoms with Gasteiger partial charge in [-0.3, -0.25) is 18.2 Å². The van der Waals surface area contributed by atoms with Crippen molar-refractivity contribution in [3.05, 3.63) is 24.3 Å². The number of hydrogen-bond acceptors (Lipinski definition) is 5. The van der Waals surface area contributed by atoms with Crippen molar-refractivity contribution < 1.29 is 18.2 Å². The molecule has 0 saturated heterocycles. The van der Waals surface area contributed by atoms with Crippen molar-refractivity contribution in [3.8, 4) is 0 Å². The summed E-state index contributed by atoms with van der Waals surface area (Å²) in [6.07, 6.45) is 0. The Morgan fingerprint density at radius 2 is 1.23 bits per heavy atom. The summed E-state index contributed by atoms with van der Waals surface area (Å²) in [5.41, 5.74) is 0. The first-order chi connectivity index (χ1) is 5.93. The third-order valence-electron chi connectivity index (χ3n) is 1.69. The third-order valence-corrected chi connectivity index (χ3v) is 5.62. The monoisotopic (exact) mass is 223 g/mol. The lowest BCUT2D eigenvalue weighted by Crippen LogP contribution is -2.15. The van der Waals surface area contributed by atoms with Crippen LogP contribution in [0.15, 0.2) is 34.1 Å². The molecule has 0 spiro atoms. The minimum absolute atomic E-state index is 0.162. The summed E-state index contributed by atoms with van der Waals surface area (Å²) in [5.74, 6) is 0. The average molecular weight is 223 g/mol. The minimum atomic E-state index is -3.23. The maximum absolute atomic E-state index is 9.41. The molecule has 74 valence electrons. The number of nitrogens with one attached hydrogen (secondary N) is 1. The SMILES string of the molecule is OS1(O)NS(O)(O)c2ccccc21. The second-order valence-electron chi connectivity index (χ2n) is 2.63. The van der Waals surface area contributed by atoms with E-state index < -0.39 is 21.6 Å². The zero-order valence-electron chi connectivity index (χ0n) is 6.41. The van der Waals surface area contributed by atoms with E-state index in [2.05, 4.69) is 0 Å². The summed E-state index contributed by atoms with van der Waals surface area (Å²) >= 11 is 0. The van der Waals surface area contributed by atoms with E-state index in [4.69, 9.17) is 0 Å². The molecule has 1 aliphatic heterocycles. The van der Waals surface area contributed by atoms with Gasteiger partial charge in [-0.2, -0.15) is 0 Å². The van der Waals surface area contributed by atoms with Crippen LogP contribution in [-0.2, 0) is 0 Å². The Kier molecular flexibility index (Phi) is 1.86. The van der Waals surface area contributed by atoms with E-state index in [0.717, 1.165) is 0 Å². The highest BCUT2D eigenvalue weighted by Gasteiger charge is 2.37. The van der Waals surface area contributed by atoms with Crippen LogP contribution >= 0.6 is 21.6 Å². The molecule has 5 nitrogen and oxygen atoms in total. The van der Waals surface area contributed by atoms with Gasteiger partial charge in [-0.25, -0.2) is 0 Å². The summed E-state index contributed by atoms with van der Waals surface area (Å²) in [6.45, 7) is 0. The molecular formula is C6H9NO4S2. The fourth-order valence-corrected chi connectivity index (χ4v) is 5.12. The van der Waals surface area contributed by atoms with Gasteiger partial charge < -0.3 is 0 Å². The summed E-state index contributed by atoms with van der Waals surface area (Å²) in [4.78, 5) is 0.324. The summed E-state index contributed by atoms with van der Waals surface area (Å²) in [7, 11) is -6.45. The van der Waals surface area contributed by atoms with E-state index in [9.17, 15) is 18.2 Å². The van der Waals surface area contributed by atoms with Crippen molar-refractivity contribution in [2.75, 3.05) is 0 Å². The van der Waals surface area contributed by atoms with Gasteiger partial charge in [-0.1, -0.05) is 33.7 Å². The minimum Gasteiger partial charge on any atom is -0.280 e. The molecule has 0 saturated carbocycles. The molecule has 7 heteroatoms. The quantitative estimate of drug-likeness (QED) is 0.465. The lowest BCUT2D eigenvalue weighted by molar-refractivity contribution is 0.469.